The Morgan fingerprint density at radius 1 is 1.23 bits per heavy atom. The number of rotatable bonds is 4. The number of aryl methyl sites for hydroxylation is 3. The van der Waals surface area contributed by atoms with Crippen LogP contribution >= 0.6 is 0 Å². The fourth-order valence-electron chi connectivity index (χ4n) is 3.06. The third-order valence-corrected chi connectivity index (χ3v) is 4.37. The molecule has 2 atom stereocenters. The second kappa shape index (κ2) is 6.44. The number of fused-ring (bicyclic) bond motifs is 1. The van der Waals surface area contributed by atoms with Gasteiger partial charge in [0.1, 0.15) is 5.82 Å². The number of nitrogens with one attached hydrogen (secondary N) is 1. The van der Waals surface area contributed by atoms with Crippen molar-refractivity contribution in [2.75, 3.05) is 5.32 Å². The van der Waals surface area contributed by atoms with Crippen molar-refractivity contribution in [2.45, 2.75) is 51.7 Å². The van der Waals surface area contributed by atoms with Gasteiger partial charge in [0.2, 0.25) is 0 Å². The van der Waals surface area contributed by atoms with Gasteiger partial charge in [-0.05, 0) is 36.8 Å². The summed E-state index contributed by atoms with van der Waals surface area (Å²) >= 11 is 0. The summed E-state index contributed by atoms with van der Waals surface area (Å²) < 4.78 is 0. The Labute approximate surface area is 131 Å². The average molecular weight is 297 g/mol. The molecular weight excluding hydrogens is 274 g/mol. The third-order valence-electron chi connectivity index (χ3n) is 4.37. The maximum absolute atomic E-state index is 10.5. The fraction of sp³-hybridized carbons (Fsp3) is 0.444. The van der Waals surface area contributed by atoms with E-state index in [1.165, 1.54) is 11.1 Å². The lowest BCUT2D eigenvalue weighted by molar-refractivity contribution is 0.135. The molecule has 116 valence electrons. The normalized spacial score (nSPS) is 20.5. The van der Waals surface area contributed by atoms with E-state index in [4.69, 9.17) is 0 Å². The lowest BCUT2D eigenvalue weighted by Crippen LogP contribution is -2.31. The molecule has 0 radical (unpaired) electrons. The second-order valence-corrected chi connectivity index (χ2v) is 5.79. The van der Waals surface area contributed by atoms with E-state index in [1.54, 1.807) is 0 Å². The number of nitrogens with zero attached hydrogens (tertiary/aromatic N) is 2. The van der Waals surface area contributed by atoms with E-state index in [1.807, 2.05) is 12.3 Å². The van der Waals surface area contributed by atoms with Crippen LogP contribution in [0, 0.1) is 0 Å². The lowest BCUT2D eigenvalue weighted by Gasteiger charge is -2.31. The average Bonchev–Trinajstić information content (AvgIpc) is 2.57. The molecule has 1 aromatic carbocycles. The topological polar surface area (TPSA) is 58.0 Å². The predicted octanol–water partition coefficient (Wildman–Crippen LogP) is 3.06. The Morgan fingerprint density at radius 3 is 2.82 bits per heavy atom. The van der Waals surface area contributed by atoms with Gasteiger partial charge >= 0.3 is 0 Å². The fourth-order valence-corrected chi connectivity index (χ4v) is 3.06. The molecule has 0 fully saturated rings. The van der Waals surface area contributed by atoms with Gasteiger partial charge in [0.05, 0.1) is 23.5 Å². The number of hydrogen-bond acceptors (Lipinski definition) is 4. The number of aromatic nitrogens is 2. The molecule has 0 aliphatic heterocycles. The monoisotopic (exact) mass is 297 g/mol. The van der Waals surface area contributed by atoms with Crippen LogP contribution in [-0.4, -0.2) is 21.2 Å². The van der Waals surface area contributed by atoms with Crippen molar-refractivity contribution < 1.29 is 5.11 Å². The standard InChI is InChI=1S/C18H23N3O/c1-3-13-11-19-15(4-2)18(20-13)21-17-14-8-6-5-7-12(14)9-10-16(17)22/h5-8,11,16-17,22H,3-4,9-10H2,1-2H3,(H,20,21)/t16-,17+/m0/s1. The highest BCUT2D eigenvalue weighted by molar-refractivity contribution is 5.46. The summed E-state index contributed by atoms with van der Waals surface area (Å²) in [6.45, 7) is 4.15. The Kier molecular flexibility index (Phi) is 4.39. The highest BCUT2D eigenvalue weighted by Gasteiger charge is 2.28. The van der Waals surface area contributed by atoms with Gasteiger partial charge in [-0.2, -0.15) is 0 Å². The molecule has 1 heterocycles. The van der Waals surface area contributed by atoms with Crippen LogP contribution in [-0.2, 0) is 19.3 Å². The minimum Gasteiger partial charge on any atom is -0.391 e. The zero-order valence-electron chi connectivity index (χ0n) is 13.2. The molecule has 22 heavy (non-hydrogen) atoms. The van der Waals surface area contributed by atoms with Gasteiger partial charge in [-0.15, -0.1) is 0 Å². The summed E-state index contributed by atoms with van der Waals surface area (Å²) in [6.07, 6.45) is 4.83. The summed E-state index contributed by atoms with van der Waals surface area (Å²) in [5.41, 5.74) is 4.40. The number of aliphatic hydroxyl groups excluding tert-OH is 1. The molecule has 2 aromatic rings. The molecule has 0 amide bonds. The van der Waals surface area contributed by atoms with Gasteiger partial charge in [0, 0.05) is 6.20 Å². The third kappa shape index (κ3) is 2.83. The number of aliphatic hydroxyl groups is 1. The number of anilines is 1. The van der Waals surface area contributed by atoms with E-state index >= 15 is 0 Å². The van der Waals surface area contributed by atoms with Crippen LogP contribution in [0.15, 0.2) is 30.5 Å². The van der Waals surface area contributed by atoms with Crippen LogP contribution in [0.2, 0.25) is 0 Å². The Hall–Kier alpha value is -1.94. The van der Waals surface area contributed by atoms with E-state index in [9.17, 15) is 5.11 Å². The Bertz CT molecular complexity index is 657. The summed E-state index contributed by atoms with van der Waals surface area (Å²) in [5.74, 6) is 0.808. The lowest BCUT2D eigenvalue weighted by atomic mass is 9.85. The van der Waals surface area contributed by atoms with E-state index in [2.05, 4.69) is 47.3 Å². The molecule has 0 spiro atoms. The van der Waals surface area contributed by atoms with E-state index in [-0.39, 0.29) is 6.04 Å². The first-order valence-corrected chi connectivity index (χ1v) is 8.10. The first-order chi connectivity index (χ1) is 10.7. The molecule has 3 rings (SSSR count). The second-order valence-electron chi connectivity index (χ2n) is 5.79. The molecule has 1 aliphatic carbocycles. The molecule has 0 saturated heterocycles. The molecule has 2 N–H and O–H groups in total. The van der Waals surface area contributed by atoms with Crippen molar-refractivity contribution in [3.8, 4) is 0 Å². The van der Waals surface area contributed by atoms with Crippen LogP contribution in [0.5, 0.6) is 0 Å². The zero-order valence-corrected chi connectivity index (χ0v) is 13.2. The molecular formula is C18H23N3O. The van der Waals surface area contributed by atoms with Crippen molar-refractivity contribution >= 4 is 5.82 Å². The van der Waals surface area contributed by atoms with Crippen molar-refractivity contribution in [1.82, 2.24) is 9.97 Å². The molecule has 0 unspecified atom stereocenters. The maximum atomic E-state index is 10.5. The van der Waals surface area contributed by atoms with Crippen molar-refractivity contribution in [2.24, 2.45) is 0 Å². The summed E-state index contributed by atoms with van der Waals surface area (Å²) in [7, 11) is 0. The molecule has 4 heteroatoms. The first kappa shape index (κ1) is 15.0. The summed E-state index contributed by atoms with van der Waals surface area (Å²) in [4.78, 5) is 9.19. The van der Waals surface area contributed by atoms with Crippen molar-refractivity contribution in [1.29, 1.82) is 0 Å². The minimum absolute atomic E-state index is 0.114. The van der Waals surface area contributed by atoms with Crippen LogP contribution in [0.3, 0.4) is 0 Å². The first-order valence-electron chi connectivity index (χ1n) is 8.10. The van der Waals surface area contributed by atoms with Gasteiger partial charge in [0.15, 0.2) is 0 Å². The van der Waals surface area contributed by atoms with Crippen LogP contribution < -0.4 is 5.32 Å². The van der Waals surface area contributed by atoms with Crippen LogP contribution in [0.4, 0.5) is 5.82 Å². The Balaban J connectivity index is 1.95. The smallest absolute Gasteiger partial charge is 0.148 e. The van der Waals surface area contributed by atoms with E-state index < -0.39 is 6.10 Å². The van der Waals surface area contributed by atoms with Gasteiger partial charge in [-0.3, -0.25) is 4.98 Å². The van der Waals surface area contributed by atoms with E-state index in [0.717, 1.165) is 42.9 Å². The van der Waals surface area contributed by atoms with Gasteiger partial charge in [0.25, 0.3) is 0 Å². The molecule has 1 aliphatic rings. The van der Waals surface area contributed by atoms with Gasteiger partial charge in [-0.25, -0.2) is 4.98 Å². The Morgan fingerprint density at radius 2 is 2.05 bits per heavy atom. The largest absolute Gasteiger partial charge is 0.391 e. The summed E-state index contributed by atoms with van der Waals surface area (Å²) in [5, 5.41) is 13.9. The SMILES string of the molecule is CCc1cnc(CC)c(N[C@@H]2c3ccccc3CC[C@@H]2O)n1. The highest BCUT2D eigenvalue weighted by Crippen LogP contribution is 2.33. The minimum atomic E-state index is -0.397. The van der Waals surface area contributed by atoms with E-state index in [0.29, 0.717) is 0 Å². The molecule has 1 aromatic heterocycles. The number of hydrogen-bond donors (Lipinski definition) is 2. The summed E-state index contributed by atoms with van der Waals surface area (Å²) in [6, 6.07) is 8.21. The predicted molar refractivity (Wildman–Crippen MR) is 87.9 cm³/mol. The quantitative estimate of drug-likeness (QED) is 0.910. The molecule has 0 saturated carbocycles. The maximum Gasteiger partial charge on any atom is 0.148 e. The molecule has 4 nitrogen and oxygen atoms in total. The van der Waals surface area contributed by atoms with Gasteiger partial charge in [-0.1, -0.05) is 38.1 Å². The van der Waals surface area contributed by atoms with Crippen molar-refractivity contribution in [3.63, 3.8) is 0 Å². The van der Waals surface area contributed by atoms with Crippen LogP contribution in [0.1, 0.15) is 48.8 Å². The van der Waals surface area contributed by atoms with Crippen LogP contribution in [0.25, 0.3) is 0 Å². The van der Waals surface area contributed by atoms with Gasteiger partial charge < -0.3 is 10.4 Å². The number of benzene rings is 1. The highest BCUT2D eigenvalue weighted by atomic mass is 16.3. The molecule has 0 bridgehead atoms. The van der Waals surface area contributed by atoms with Crippen molar-refractivity contribution in [3.05, 3.63) is 53.0 Å². The zero-order chi connectivity index (χ0) is 15.5.